The Hall–Kier alpha value is -2.10. The van der Waals surface area contributed by atoms with Crippen molar-refractivity contribution in [3.8, 4) is 0 Å². The summed E-state index contributed by atoms with van der Waals surface area (Å²) in [6.45, 7) is 4.71. The Balaban J connectivity index is 1.52. The predicted octanol–water partition coefficient (Wildman–Crippen LogP) is 0.730. The van der Waals surface area contributed by atoms with Crippen LogP contribution in [0.3, 0.4) is 0 Å². The molecule has 0 bridgehead atoms. The zero-order valence-corrected chi connectivity index (χ0v) is 14.9. The first kappa shape index (κ1) is 17.7. The summed E-state index contributed by atoms with van der Waals surface area (Å²) < 4.78 is 0. The van der Waals surface area contributed by atoms with Gasteiger partial charge in [0.15, 0.2) is 0 Å². The van der Waals surface area contributed by atoms with Gasteiger partial charge in [-0.25, -0.2) is 15.0 Å². The van der Waals surface area contributed by atoms with Crippen molar-refractivity contribution in [1.29, 1.82) is 0 Å². The molecule has 1 fully saturated rings. The summed E-state index contributed by atoms with van der Waals surface area (Å²) in [6, 6.07) is -0.271. The molecule has 2 atom stereocenters. The number of hydrogen-bond acceptors (Lipinski definition) is 8. The fourth-order valence-corrected chi connectivity index (χ4v) is 3.35. The number of aliphatic hydroxyl groups is 1. The molecule has 1 aliphatic rings. The number of nitrogens with one attached hydrogen (secondary N) is 2. The van der Waals surface area contributed by atoms with E-state index in [2.05, 4.69) is 30.5 Å². The van der Waals surface area contributed by atoms with E-state index in [1.165, 1.54) is 12.4 Å². The zero-order chi connectivity index (χ0) is 17.6. The van der Waals surface area contributed by atoms with Gasteiger partial charge < -0.3 is 15.7 Å². The van der Waals surface area contributed by atoms with Crippen LogP contribution in [0.2, 0.25) is 0 Å². The van der Waals surface area contributed by atoms with Crippen LogP contribution < -0.4 is 10.6 Å². The lowest BCUT2D eigenvalue weighted by atomic mass is 10.0. The summed E-state index contributed by atoms with van der Waals surface area (Å²) in [7, 11) is 0. The van der Waals surface area contributed by atoms with Crippen molar-refractivity contribution in [2.75, 3.05) is 25.0 Å². The predicted molar refractivity (Wildman–Crippen MR) is 95.5 cm³/mol. The molecule has 25 heavy (non-hydrogen) atoms. The number of likely N-dealkylation sites (tertiary alicyclic amines) is 1. The minimum Gasteiger partial charge on any atom is -0.390 e. The van der Waals surface area contributed by atoms with Crippen LogP contribution in [0, 0.1) is 0 Å². The molecule has 9 heteroatoms. The highest BCUT2D eigenvalue weighted by atomic mass is 32.1. The van der Waals surface area contributed by atoms with Crippen LogP contribution in [0.25, 0.3) is 0 Å². The van der Waals surface area contributed by atoms with Crippen LogP contribution in [0.5, 0.6) is 0 Å². The van der Waals surface area contributed by atoms with Crippen LogP contribution in [0.4, 0.5) is 5.95 Å². The van der Waals surface area contributed by atoms with Gasteiger partial charge in [0.2, 0.25) is 5.95 Å². The average Bonchev–Trinajstić information content (AvgIpc) is 3.11. The number of nitrogens with zero attached hydrogens (tertiary/aromatic N) is 4. The normalized spacial score (nSPS) is 21.0. The van der Waals surface area contributed by atoms with Crippen LogP contribution in [-0.2, 0) is 6.54 Å². The Morgan fingerprint density at radius 3 is 2.84 bits per heavy atom. The number of piperidine rings is 1. The highest BCUT2D eigenvalue weighted by Crippen LogP contribution is 2.15. The highest BCUT2D eigenvalue weighted by molar-refractivity contribution is 7.07. The minimum atomic E-state index is -0.613. The van der Waals surface area contributed by atoms with Gasteiger partial charge >= 0.3 is 0 Å². The molecule has 3 heterocycles. The van der Waals surface area contributed by atoms with Crippen molar-refractivity contribution in [1.82, 2.24) is 25.2 Å². The number of carbonyl (C=O) groups excluding carboxylic acids is 1. The van der Waals surface area contributed by atoms with Crippen LogP contribution in [-0.4, -0.2) is 62.6 Å². The number of thiazole rings is 1. The summed E-state index contributed by atoms with van der Waals surface area (Å²) in [5.41, 5.74) is 3.21. The second kappa shape index (κ2) is 8.32. The quantitative estimate of drug-likeness (QED) is 0.696. The smallest absolute Gasteiger partial charge is 0.254 e. The largest absolute Gasteiger partial charge is 0.390 e. The summed E-state index contributed by atoms with van der Waals surface area (Å²) in [5, 5.41) is 18.2. The number of carbonyl (C=O) groups is 1. The van der Waals surface area contributed by atoms with E-state index in [9.17, 15) is 9.90 Å². The SMILES string of the molecule is CCNc1ncc(C(=O)N[C@@H]2CCN(Cc3cscn3)C[C@H]2O)cn1. The van der Waals surface area contributed by atoms with Crippen molar-refractivity contribution in [3.05, 3.63) is 34.5 Å². The number of aliphatic hydroxyl groups excluding tert-OH is 1. The van der Waals surface area contributed by atoms with E-state index in [0.29, 0.717) is 24.5 Å². The van der Waals surface area contributed by atoms with E-state index in [0.717, 1.165) is 25.3 Å². The van der Waals surface area contributed by atoms with Gasteiger partial charge in [0.1, 0.15) is 0 Å². The molecule has 8 nitrogen and oxygen atoms in total. The molecule has 2 aromatic rings. The van der Waals surface area contributed by atoms with E-state index in [-0.39, 0.29) is 11.9 Å². The Morgan fingerprint density at radius 2 is 2.20 bits per heavy atom. The fourth-order valence-electron chi connectivity index (χ4n) is 2.80. The third kappa shape index (κ3) is 4.71. The first-order chi connectivity index (χ1) is 12.2. The molecule has 0 spiro atoms. The minimum absolute atomic E-state index is 0.264. The van der Waals surface area contributed by atoms with Crippen LogP contribution >= 0.6 is 11.3 Å². The summed E-state index contributed by atoms with van der Waals surface area (Å²) in [6.07, 6.45) is 3.06. The molecule has 0 aromatic carbocycles. The third-order valence-corrected chi connectivity index (χ3v) is 4.74. The van der Waals surface area contributed by atoms with Gasteiger partial charge in [-0.1, -0.05) is 0 Å². The molecule has 0 aliphatic carbocycles. The van der Waals surface area contributed by atoms with E-state index < -0.39 is 6.10 Å². The second-order valence-electron chi connectivity index (χ2n) is 5.98. The maximum absolute atomic E-state index is 12.3. The summed E-state index contributed by atoms with van der Waals surface area (Å²) >= 11 is 1.57. The maximum Gasteiger partial charge on any atom is 0.254 e. The van der Waals surface area contributed by atoms with E-state index in [1.54, 1.807) is 11.3 Å². The molecule has 2 aromatic heterocycles. The number of anilines is 1. The van der Waals surface area contributed by atoms with Crippen molar-refractivity contribution >= 4 is 23.2 Å². The lowest BCUT2D eigenvalue weighted by molar-refractivity contribution is 0.0346. The summed E-state index contributed by atoms with van der Waals surface area (Å²) in [5.74, 6) is 0.231. The van der Waals surface area contributed by atoms with Gasteiger partial charge in [0.25, 0.3) is 5.91 Å². The van der Waals surface area contributed by atoms with Gasteiger partial charge in [-0.3, -0.25) is 9.69 Å². The molecule has 0 unspecified atom stereocenters. The van der Waals surface area contributed by atoms with Crippen molar-refractivity contribution in [3.63, 3.8) is 0 Å². The van der Waals surface area contributed by atoms with Crippen molar-refractivity contribution in [2.24, 2.45) is 0 Å². The molecule has 3 rings (SSSR count). The monoisotopic (exact) mass is 362 g/mol. The molecule has 134 valence electrons. The molecule has 1 aliphatic heterocycles. The Kier molecular flexibility index (Phi) is 5.90. The molecular formula is C16H22N6O2S. The van der Waals surface area contributed by atoms with Crippen LogP contribution in [0.15, 0.2) is 23.3 Å². The topological polar surface area (TPSA) is 103 Å². The van der Waals surface area contributed by atoms with E-state index in [1.807, 2.05) is 17.8 Å². The fraction of sp³-hybridized carbons (Fsp3) is 0.500. The highest BCUT2D eigenvalue weighted by Gasteiger charge is 2.29. The number of rotatable bonds is 6. The average molecular weight is 362 g/mol. The number of β-amino-alcohol motifs (C(OH)–C–C–N with tert-alkyl or cyclic N) is 1. The number of amides is 1. The first-order valence-corrected chi connectivity index (χ1v) is 9.24. The standard InChI is InChI=1S/C16H22N6O2S/c1-2-17-16-18-5-11(6-19-16)15(24)21-13-3-4-22(8-14(13)23)7-12-9-25-10-20-12/h5-6,9-10,13-14,23H,2-4,7-8H2,1H3,(H,21,24)(H,17,18,19)/t13-,14-/m1/s1. The lowest BCUT2D eigenvalue weighted by Gasteiger charge is -2.35. The summed E-state index contributed by atoms with van der Waals surface area (Å²) in [4.78, 5) is 26.9. The Morgan fingerprint density at radius 1 is 1.40 bits per heavy atom. The Bertz CT molecular complexity index is 678. The van der Waals surface area contributed by atoms with Crippen LogP contribution in [0.1, 0.15) is 29.4 Å². The lowest BCUT2D eigenvalue weighted by Crippen LogP contribution is -2.53. The van der Waals surface area contributed by atoms with Gasteiger partial charge in [-0.2, -0.15) is 0 Å². The molecule has 3 N–H and O–H groups in total. The molecule has 0 saturated carbocycles. The molecule has 1 amide bonds. The zero-order valence-electron chi connectivity index (χ0n) is 14.1. The van der Waals surface area contributed by atoms with E-state index in [4.69, 9.17) is 0 Å². The molecule has 0 radical (unpaired) electrons. The molecular weight excluding hydrogens is 340 g/mol. The maximum atomic E-state index is 12.3. The second-order valence-corrected chi connectivity index (χ2v) is 6.70. The first-order valence-electron chi connectivity index (χ1n) is 8.30. The van der Waals surface area contributed by atoms with E-state index >= 15 is 0 Å². The van der Waals surface area contributed by atoms with Gasteiger partial charge in [0.05, 0.1) is 28.9 Å². The van der Waals surface area contributed by atoms with Crippen molar-refractivity contribution < 1.29 is 9.90 Å². The molecule has 1 saturated heterocycles. The third-order valence-electron chi connectivity index (χ3n) is 4.10. The van der Waals surface area contributed by atoms with Crippen molar-refractivity contribution in [2.45, 2.75) is 32.0 Å². The number of hydrogen-bond donors (Lipinski definition) is 3. The Labute approximate surface area is 150 Å². The van der Waals surface area contributed by atoms with Gasteiger partial charge in [-0.05, 0) is 13.3 Å². The van der Waals surface area contributed by atoms with Gasteiger partial charge in [0, 0.05) is 44.0 Å². The number of aromatic nitrogens is 3. The van der Waals surface area contributed by atoms with Gasteiger partial charge in [-0.15, -0.1) is 11.3 Å².